The van der Waals surface area contributed by atoms with Gasteiger partial charge in [-0.25, -0.2) is 9.64 Å². The third-order valence-electron chi connectivity index (χ3n) is 1.58. The molecule has 0 aliphatic carbocycles. The average molecular weight is 205 g/mol. The molecule has 0 heterocycles. The highest BCUT2D eigenvalue weighted by atomic mass is 16.5. The number of esters is 1. The largest absolute Gasteiger partial charge is 0.478 e. The number of carbonyl (C=O) groups excluding carboxylic acids is 1. The monoisotopic (exact) mass is 205 g/mol. The van der Waals surface area contributed by atoms with Crippen molar-refractivity contribution in [2.24, 2.45) is 0 Å². The highest BCUT2D eigenvalue weighted by Gasteiger charge is 2.10. The summed E-state index contributed by atoms with van der Waals surface area (Å²) in [6.45, 7) is 8.01. The Kier molecular flexibility index (Phi) is 3.03. The summed E-state index contributed by atoms with van der Waals surface area (Å²) in [5.74, 6) is -1.61. The second kappa shape index (κ2) is 4.24. The number of hydrogen-bond donors (Lipinski definition) is 1. The van der Waals surface area contributed by atoms with E-state index in [0.29, 0.717) is 0 Å². The molecule has 0 fully saturated rings. The number of ether oxygens (including phenoxy) is 1. The van der Waals surface area contributed by atoms with E-state index in [1.807, 2.05) is 0 Å². The molecule has 76 valence electrons. The predicted molar refractivity (Wildman–Crippen MR) is 51.0 cm³/mol. The minimum Gasteiger partial charge on any atom is -0.478 e. The zero-order valence-corrected chi connectivity index (χ0v) is 7.85. The number of carboxylic acid groups (broad SMARTS) is 1. The fourth-order valence-electron chi connectivity index (χ4n) is 0.979. The molecule has 0 unspecified atom stereocenters. The number of aromatic carboxylic acids is 1. The SMILES string of the molecule is [C-]#[N+]c1cc(C(=O)O)ccc1OC(C)=O. The van der Waals surface area contributed by atoms with E-state index in [-0.39, 0.29) is 17.0 Å². The lowest BCUT2D eigenvalue weighted by Crippen LogP contribution is -2.02. The molecule has 1 N–H and O–H groups in total. The molecule has 0 amide bonds. The van der Waals surface area contributed by atoms with Gasteiger partial charge in [0.2, 0.25) is 5.69 Å². The van der Waals surface area contributed by atoms with Crippen LogP contribution in [0.15, 0.2) is 18.2 Å². The number of benzene rings is 1. The number of nitrogens with zero attached hydrogens (tertiary/aromatic N) is 1. The van der Waals surface area contributed by atoms with Gasteiger partial charge in [-0.1, -0.05) is 0 Å². The summed E-state index contributed by atoms with van der Waals surface area (Å²) in [7, 11) is 0. The second-order valence-electron chi connectivity index (χ2n) is 2.69. The van der Waals surface area contributed by atoms with Crippen LogP contribution >= 0.6 is 0 Å². The van der Waals surface area contributed by atoms with Crippen LogP contribution in [0.25, 0.3) is 4.85 Å². The zero-order valence-electron chi connectivity index (χ0n) is 7.85. The van der Waals surface area contributed by atoms with Crippen LogP contribution in [0.4, 0.5) is 5.69 Å². The standard InChI is InChI=1S/C10H7NO4/c1-6(12)15-9-4-3-7(10(13)14)5-8(9)11-2/h3-5H,1H3,(H,13,14). The summed E-state index contributed by atoms with van der Waals surface area (Å²) >= 11 is 0. The minimum atomic E-state index is -1.13. The van der Waals surface area contributed by atoms with E-state index in [1.54, 1.807) is 0 Å². The van der Waals surface area contributed by atoms with Crippen LogP contribution in [0, 0.1) is 6.57 Å². The maximum Gasteiger partial charge on any atom is 0.334 e. The van der Waals surface area contributed by atoms with Gasteiger partial charge in [0.15, 0.2) is 0 Å². The van der Waals surface area contributed by atoms with E-state index >= 15 is 0 Å². The molecule has 0 spiro atoms. The van der Waals surface area contributed by atoms with Gasteiger partial charge < -0.3 is 9.84 Å². The molecular weight excluding hydrogens is 198 g/mol. The predicted octanol–water partition coefficient (Wildman–Crippen LogP) is 1.86. The van der Waals surface area contributed by atoms with Crippen LogP contribution in [-0.4, -0.2) is 17.0 Å². The van der Waals surface area contributed by atoms with Crippen LogP contribution in [0.3, 0.4) is 0 Å². The third kappa shape index (κ3) is 2.54. The Morgan fingerprint density at radius 3 is 2.60 bits per heavy atom. The van der Waals surface area contributed by atoms with E-state index < -0.39 is 11.9 Å². The average Bonchev–Trinajstić information content (AvgIpc) is 2.17. The highest BCUT2D eigenvalue weighted by Crippen LogP contribution is 2.28. The quantitative estimate of drug-likeness (QED) is 0.454. The Labute approximate surface area is 85.7 Å². The first-order chi connectivity index (χ1) is 7.04. The fourth-order valence-corrected chi connectivity index (χ4v) is 0.979. The van der Waals surface area contributed by atoms with Gasteiger partial charge in [0.05, 0.1) is 6.57 Å². The first-order valence-corrected chi connectivity index (χ1v) is 3.98. The van der Waals surface area contributed by atoms with Gasteiger partial charge in [0, 0.05) is 12.5 Å². The topological polar surface area (TPSA) is 68.0 Å². The van der Waals surface area contributed by atoms with Gasteiger partial charge in [-0.2, -0.15) is 0 Å². The Balaban J connectivity index is 3.16. The van der Waals surface area contributed by atoms with Crippen molar-refractivity contribution in [3.05, 3.63) is 35.2 Å². The van der Waals surface area contributed by atoms with E-state index in [2.05, 4.69) is 4.85 Å². The molecular formula is C10H7NO4. The van der Waals surface area contributed by atoms with Gasteiger partial charge in [0.1, 0.15) is 5.75 Å². The molecule has 0 aliphatic rings. The van der Waals surface area contributed by atoms with Crippen LogP contribution < -0.4 is 4.74 Å². The minimum absolute atomic E-state index is 0.00472. The van der Waals surface area contributed by atoms with Crippen molar-refractivity contribution in [2.75, 3.05) is 0 Å². The molecule has 1 rings (SSSR count). The summed E-state index contributed by atoms with van der Waals surface area (Å²) < 4.78 is 4.73. The second-order valence-corrected chi connectivity index (χ2v) is 2.69. The molecule has 15 heavy (non-hydrogen) atoms. The lowest BCUT2D eigenvalue weighted by atomic mass is 10.2. The van der Waals surface area contributed by atoms with Crippen molar-refractivity contribution in [2.45, 2.75) is 6.92 Å². The Hall–Kier alpha value is -2.35. The fraction of sp³-hybridized carbons (Fsp3) is 0.100. The molecule has 5 nitrogen and oxygen atoms in total. The molecule has 1 aromatic rings. The molecule has 0 saturated heterocycles. The molecule has 0 aromatic heterocycles. The van der Waals surface area contributed by atoms with Gasteiger partial charge in [-0.05, 0) is 18.2 Å². The molecule has 0 aliphatic heterocycles. The zero-order chi connectivity index (χ0) is 11.4. The highest BCUT2D eigenvalue weighted by molar-refractivity contribution is 5.90. The molecule has 0 radical (unpaired) electrons. The maximum atomic E-state index is 10.7. The summed E-state index contributed by atoms with van der Waals surface area (Å²) in [5, 5.41) is 8.67. The summed E-state index contributed by atoms with van der Waals surface area (Å²) in [6, 6.07) is 3.72. The van der Waals surface area contributed by atoms with Crippen LogP contribution in [0.5, 0.6) is 5.75 Å². The number of carbonyl (C=O) groups is 2. The Morgan fingerprint density at radius 2 is 2.13 bits per heavy atom. The van der Waals surface area contributed by atoms with E-state index in [0.717, 1.165) is 6.07 Å². The number of hydrogen-bond acceptors (Lipinski definition) is 3. The first kappa shape index (κ1) is 10.7. The number of rotatable bonds is 2. The van der Waals surface area contributed by atoms with Crippen LogP contribution in [0.2, 0.25) is 0 Å². The van der Waals surface area contributed by atoms with Gasteiger partial charge in [-0.15, -0.1) is 0 Å². The Morgan fingerprint density at radius 1 is 1.47 bits per heavy atom. The smallest absolute Gasteiger partial charge is 0.334 e. The van der Waals surface area contributed by atoms with Crippen molar-refractivity contribution in [3.8, 4) is 5.75 Å². The molecule has 5 heteroatoms. The molecule has 0 saturated carbocycles. The Bertz CT molecular complexity index is 459. The maximum absolute atomic E-state index is 10.7. The molecule has 0 bridgehead atoms. The van der Waals surface area contributed by atoms with E-state index in [1.165, 1.54) is 19.1 Å². The van der Waals surface area contributed by atoms with Gasteiger partial charge in [-0.3, -0.25) is 4.79 Å². The van der Waals surface area contributed by atoms with E-state index in [4.69, 9.17) is 16.4 Å². The lowest BCUT2D eigenvalue weighted by Gasteiger charge is -2.04. The van der Waals surface area contributed by atoms with Crippen molar-refractivity contribution in [3.63, 3.8) is 0 Å². The molecule has 0 atom stereocenters. The van der Waals surface area contributed by atoms with E-state index in [9.17, 15) is 9.59 Å². The van der Waals surface area contributed by atoms with Crippen molar-refractivity contribution < 1.29 is 19.4 Å². The summed E-state index contributed by atoms with van der Waals surface area (Å²) in [6.07, 6.45) is 0. The lowest BCUT2D eigenvalue weighted by molar-refractivity contribution is -0.131. The summed E-state index contributed by atoms with van der Waals surface area (Å²) in [5.41, 5.74) is -0.0120. The summed E-state index contributed by atoms with van der Waals surface area (Å²) in [4.78, 5) is 24.3. The first-order valence-electron chi connectivity index (χ1n) is 3.98. The van der Waals surface area contributed by atoms with Crippen LogP contribution in [0.1, 0.15) is 17.3 Å². The van der Waals surface area contributed by atoms with Crippen molar-refractivity contribution >= 4 is 17.6 Å². The van der Waals surface area contributed by atoms with Crippen molar-refractivity contribution in [1.29, 1.82) is 0 Å². The number of carboxylic acids is 1. The van der Waals surface area contributed by atoms with Gasteiger partial charge in [0.25, 0.3) is 0 Å². The third-order valence-corrected chi connectivity index (χ3v) is 1.58. The van der Waals surface area contributed by atoms with Crippen molar-refractivity contribution in [1.82, 2.24) is 0 Å². The normalized spacial score (nSPS) is 9.07. The van der Waals surface area contributed by atoms with Gasteiger partial charge >= 0.3 is 11.9 Å². The molecule has 1 aromatic carbocycles. The van der Waals surface area contributed by atoms with Crippen LogP contribution in [-0.2, 0) is 4.79 Å².